The molecule has 3 nitrogen and oxygen atoms in total. The molecule has 4 heteroatoms. The van der Waals surface area contributed by atoms with Gasteiger partial charge in [0.05, 0.1) is 5.69 Å². The summed E-state index contributed by atoms with van der Waals surface area (Å²) in [5.74, 6) is 1.51. The molecule has 1 aromatic carbocycles. The van der Waals surface area contributed by atoms with Crippen LogP contribution in [0.1, 0.15) is 6.42 Å². The first-order chi connectivity index (χ1) is 7.61. The minimum Gasteiger partial charge on any atom is -0.506 e. The molecule has 0 bridgehead atoms. The van der Waals surface area contributed by atoms with Gasteiger partial charge in [0, 0.05) is 24.9 Å². The standard InChI is InChI=1S/C12H10FNO2/c1-2-8-5-12(16)14(7-8)10-6-9(13)3-4-11(10)15/h1,3-4,6,8,15H,5,7H2. The van der Waals surface area contributed by atoms with Gasteiger partial charge in [0.1, 0.15) is 11.6 Å². The second-order valence-corrected chi connectivity index (χ2v) is 3.71. The molecule has 1 heterocycles. The topological polar surface area (TPSA) is 40.5 Å². The van der Waals surface area contributed by atoms with Crippen LogP contribution in [0.25, 0.3) is 0 Å². The van der Waals surface area contributed by atoms with Crippen molar-refractivity contribution < 1.29 is 14.3 Å². The highest BCUT2D eigenvalue weighted by Gasteiger charge is 2.30. The maximum Gasteiger partial charge on any atom is 0.228 e. The SMILES string of the molecule is C#CC1CC(=O)N(c2cc(F)ccc2O)C1. The molecule has 1 N–H and O–H groups in total. The molecule has 1 aliphatic heterocycles. The van der Waals surface area contributed by atoms with Gasteiger partial charge in [0.25, 0.3) is 0 Å². The Hall–Kier alpha value is -2.02. The summed E-state index contributed by atoms with van der Waals surface area (Å²) in [6.45, 7) is 0.326. The Kier molecular flexibility index (Phi) is 2.53. The van der Waals surface area contributed by atoms with E-state index >= 15 is 0 Å². The number of rotatable bonds is 1. The Morgan fingerprint density at radius 3 is 2.94 bits per heavy atom. The zero-order chi connectivity index (χ0) is 11.7. The van der Waals surface area contributed by atoms with Crippen LogP contribution < -0.4 is 4.90 Å². The third-order valence-corrected chi connectivity index (χ3v) is 2.59. The van der Waals surface area contributed by atoms with Crippen molar-refractivity contribution in [2.45, 2.75) is 6.42 Å². The molecule has 1 amide bonds. The van der Waals surface area contributed by atoms with E-state index in [1.807, 2.05) is 0 Å². The van der Waals surface area contributed by atoms with E-state index in [9.17, 15) is 14.3 Å². The Morgan fingerprint density at radius 2 is 2.31 bits per heavy atom. The molecule has 1 aromatic rings. The first-order valence-electron chi connectivity index (χ1n) is 4.87. The van der Waals surface area contributed by atoms with Crippen molar-refractivity contribution in [3.63, 3.8) is 0 Å². The Morgan fingerprint density at radius 1 is 1.56 bits per heavy atom. The fourth-order valence-corrected chi connectivity index (χ4v) is 1.76. The molecule has 1 aliphatic rings. The van der Waals surface area contributed by atoms with Crippen molar-refractivity contribution in [2.24, 2.45) is 5.92 Å². The van der Waals surface area contributed by atoms with Gasteiger partial charge in [-0.3, -0.25) is 4.79 Å². The van der Waals surface area contributed by atoms with Gasteiger partial charge >= 0.3 is 0 Å². The van der Waals surface area contributed by atoms with E-state index in [2.05, 4.69) is 5.92 Å². The van der Waals surface area contributed by atoms with Crippen molar-refractivity contribution in [1.82, 2.24) is 0 Å². The van der Waals surface area contributed by atoms with Gasteiger partial charge in [-0.15, -0.1) is 12.3 Å². The summed E-state index contributed by atoms with van der Waals surface area (Å²) in [6, 6.07) is 3.49. The van der Waals surface area contributed by atoms with Crippen molar-refractivity contribution >= 4 is 11.6 Å². The van der Waals surface area contributed by atoms with Crippen LogP contribution >= 0.6 is 0 Å². The third kappa shape index (κ3) is 1.72. The highest BCUT2D eigenvalue weighted by atomic mass is 19.1. The number of anilines is 1. The predicted molar refractivity (Wildman–Crippen MR) is 57.4 cm³/mol. The molecule has 0 spiro atoms. The summed E-state index contributed by atoms with van der Waals surface area (Å²) in [5.41, 5.74) is 0.183. The summed E-state index contributed by atoms with van der Waals surface area (Å²) in [5, 5.41) is 9.56. The van der Waals surface area contributed by atoms with E-state index in [1.165, 1.54) is 11.0 Å². The van der Waals surface area contributed by atoms with Gasteiger partial charge < -0.3 is 10.0 Å². The molecule has 0 radical (unpaired) electrons. The van der Waals surface area contributed by atoms with Crippen LogP contribution in [0, 0.1) is 24.1 Å². The Bertz CT molecular complexity index is 478. The molecule has 2 rings (SSSR count). The molecule has 0 aliphatic carbocycles. The number of amides is 1. The number of hydrogen-bond acceptors (Lipinski definition) is 2. The van der Waals surface area contributed by atoms with Crippen LogP contribution in [0.3, 0.4) is 0 Å². The van der Waals surface area contributed by atoms with Crippen LogP contribution in [0.5, 0.6) is 5.75 Å². The summed E-state index contributed by atoms with van der Waals surface area (Å²) < 4.78 is 13.0. The van der Waals surface area contributed by atoms with Crippen LogP contribution in [-0.4, -0.2) is 17.6 Å². The molecule has 1 saturated heterocycles. The van der Waals surface area contributed by atoms with E-state index in [-0.39, 0.29) is 29.7 Å². The van der Waals surface area contributed by atoms with Gasteiger partial charge in [-0.1, -0.05) is 0 Å². The van der Waals surface area contributed by atoms with Crippen molar-refractivity contribution in [1.29, 1.82) is 0 Å². The summed E-state index contributed by atoms with van der Waals surface area (Å²) in [6.07, 6.45) is 5.48. The first kappa shape index (κ1) is 10.5. The normalized spacial score (nSPS) is 19.9. The Balaban J connectivity index is 2.35. The number of phenolic OH excluding ortho intramolecular Hbond substituents is 1. The van der Waals surface area contributed by atoms with Crippen molar-refractivity contribution in [3.8, 4) is 18.1 Å². The molecular formula is C12H10FNO2. The van der Waals surface area contributed by atoms with Crippen LogP contribution in [0.15, 0.2) is 18.2 Å². The lowest BCUT2D eigenvalue weighted by Gasteiger charge is -2.17. The van der Waals surface area contributed by atoms with Gasteiger partial charge in [-0.2, -0.15) is 0 Å². The lowest BCUT2D eigenvalue weighted by Crippen LogP contribution is -2.24. The summed E-state index contributed by atoms with van der Waals surface area (Å²) in [4.78, 5) is 12.9. The van der Waals surface area contributed by atoms with Crippen molar-refractivity contribution in [2.75, 3.05) is 11.4 Å². The zero-order valence-corrected chi connectivity index (χ0v) is 8.48. The van der Waals surface area contributed by atoms with Crippen molar-refractivity contribution in [3.05, 3.63) is 24.0 Å². The largest absolute Gasteiger partial charge is 0.506 e. The molecule has 1 fully saturated rings. The molecule has 0 saturated carbocycles. The zero-order valence-electron chi connectivity index (χ0n) is 8.48. The van der Waals surface area contributed by atoms with E-state index in [0.717, 1.165) is 12.1 Å². The fraction of sp³-hybridized carbons (Fsp3) is 0.250. The molecule has 16 heavy (non-hydrogen) atoms. The molecule has 1 atom stereocenters. The average Bonchev–Trinajstić information content (AvgIpc) is 2.63. The molecule has 0 aromatic heterocycles. The number of phenols is 1. The second-order valence-electron chi connectivity index (χ2n) is 3.71. The molecular weight excluding hydrogens is 209 g/mol. The summed E-state index contributed by atoms with van der Waals surface area (Å²) >= 11 is 0. The minimum atomic E-state index is -0.496. The summed E-state index contributed by atoms with van der Waals surface area (Å²) in [7, 11) is 0. The molecule has 1 unspecified atom stereocenters. The van der Waals surface area contributed by atoms with E-state index < -0.39 is 5.82 Å². The maximum absolute atomic E-state index is 13.0. The highest BCUT2D eigenvalue weighted by Crippen LogP contribution is 2.32. The number of nitrogens with zero attached hydrogens (tertiary/aromatic N) is 1. The smallest absolute Gasteiger partial charge is 0.228 e. The van der Waals surface area contributed by atoms with Crippen LogP contribution in [0.4, 0.5) is 10.1 Å². The van der Waals surface area contributed by atoms with Gasteiger partial charge in [-0.05, 0) is 12.1 Å². The monoisotopic (exact) mass is 219 g/mol. The van der Waals surface area contributed by atoms with Gasteiger partial charge in [0.2, 0.25) is 5.91 Å². The highest BCUT2D eigenvalue weighted by molar-refractivity contribution is 5.97. The number of carbonyl (C=O) groups excluding carboxylic acids is 1. The van der Waals surface area contributed by atoms with Crippen LogP contribution in [0.2, 0.25) is 0 Å². The maximum atomic E-state index is 13.0. The second kappa shape index (κ2) is 3.86. The third-order valence-electron chi connectivity index (χ3n) is 2.59. The van der Waals surface area contributed by atoms with E-state index in [4.69, 9.17) is 6.42 Å². The predicted octanol–water partition coefficient (Wildman–Crippen LogP) is 1.52. The number of carbonyl (C=O) groups is 1. The number of hydrogen-bond donors (Lipinski definition) is 1. The first-order valence-corrected chi connectivity index (χ1v) is 4.87. The number of halogens is 1. The number of aromatic hydroxyl groups is 1. The van der Waals surface area contributed by atoms with Crippen LogP contribution in [-0.2, 0) is 4.79 Å². The minimum absolute atomic E-state index is 0.118. The molecule has 82 valence electrons. The fourth-order valence-electron chi connectivity index (χ4n) is 1.76. The quantitative estimate of drug-likeness (QED) is 0.727. The number of benzene rings is 1. The lowest BCUT2D eigenvalue weighted by molar-refractivity contribution is -0.117. The van der Waals surface area contributed by atoms with E-state index in [1.54, 1.807) is 0 Å². The lowest BCUT2D eigenvalue weighted by atomic mass is 10.1. The average molecular weight is 219 g/mol. The Labute approximate surface area is 92.5 Å². The van der Waals surface area contributed by atoms with E-state index in [0.29, 0.717) is 6.54 Å². The van der Waals surface area contributed by atoms with Gasteiger partial charge in [0.15, 0.2) is 0 Å². The number of terminal acetylenes is 1. The van der Waals surface area contributed by atoms with Gasteiger partial charge in [-0.25, -0.2) is 4.39 Å².